The predicted molar refractivity (Wildman–Crippen MR) is 51.5 cm³/mol. The van der Waals surface area contributed by atoms with E-state index in [4.69, 9.17) is 5.53 Å². The number of fused-ring (bicyclic) bond motifs is 1. The molecule has 66 valence electrons. The molecular weight excluding hydrogens is 162 g/mol. The molecular formula is C10H11N3. The van der Waals surface area contributed by atoms with Gasteiger partial charge in [-0.25, -0.2) is 0 Å². The number of azide groups is 1. The van der Waals surface area contributed by atoms with Crippen molar-refractivity contribution in [1.29, 1.82) is 0 Å². The Hall–Kier alpha value is -1.47. The molecule has 1 aliphatic rings. The van der Waals surface area contributed by atoms with Gasteiger partial charge in [-0.2, -0.15) is 0 Å². The molecule has 0 fully saturated rings. The van der Waals surface area contributed by atoms with E-state index in [1.807, 2.05) is 12.1 Å². The van der Waals surface area contributed by atoms with Crippen LogP contribution in [0.25, 0.3) is 10.4 Å². The molecule has 0 unspecified atom stereocenters. The first-order chi connectivity index (χ1) is 6.33. The van der Waals surface area contributed by atoms with Gasteiger partial charge in [0.25, 0.3) is 0 Å². The van der Waals surface area contributed by atoms with E-state index in [0.29, 0.717) is 5.92 Å². The fourth-order valence-electron chi connectivity index (χ4n) is 1.98. The van der Waals surface area contributed by atoms with Crippen molar-refractivity contribution in [3.05, 3.63) is 45.8 Å². The molecule has 0 radical (unpaired) electrons. The minimum atomic E-state index is 0.113. The Morgan fingerprint density at radius 2 is 2.23 bits per heavy atom. The fourth-order valence-corrected chi connectivity index (χ4v) is 1.98. The number of rotatable bonds is 1. The lowest BCUT2D eigenvalue weighted by Gasteiger charge is -2.08. The summed E-state index contributed by atoms with van der Waals surface area (Å²) >= 11 is 0. The summed E-state index contributed by atoms with van der Waals surface area (Å²) in [7, 11) is 0. The molecule has 2 atom stereocenters. The molecule has 3 heteroatoms. The standard InChI is InChI=1S/C10H11N3/c1-7-9-5-3-2-4-8(9)6-10(7)12-13-11/h2-5,7,10H,6H2,1H3/t7-,10+/m1/s1. The summed E-state index contributed by atoms with van der Waals surface area (Å²) in [5.74, 6) is 0.368. The van der Waals surface area contributed by atoms with E-state index in [9.17, 15) is 0 Å². The van der Waals surface area contributed by atoms with Gasteiger partial charge >= 0.3 is 0 Å². The number of nitrogens with zero attached hydrogens (tertiary/aromatic N) is 3. The highest BCUT2D eigenvalue weighted by atomic mass is 15.2. The van der Waals surface area contributed by atoms with Crippen LogP contribution in [0.3, 0.4) is 0 Å². The van der Waals surface area contributed by atoms with Gasteiger partial charge in [0.15, 0.2) is 0 Å². The lowest BCUT2D eigenvalue weighted by atomic mass is 10.0. The van der Waals surface area contributed by atoms with Crippen molar-refractivity contribution in [2.24, 2.45) is 5.11 Å². The van der Waals surface area contributed by atoms with Gasteiger partial charge in [-0.3, -0.25) is 0 Å². The minimum absolute atomic E-state index is 0.113. The van der Waals surface area contributed by atoms with Gasteiger partial charge in [-0.1, -0.05) is 36.3 Å². The number of hydrogen-bond donors (Lipinski definition) is 0. The van der Waals surface area contributed by atoms with Gasteiger partial charge in [0, 0.05) is 11.0 Å². The highest BCUT2D eigenvalue weighted by Crippen LogP contribution is 2.34. The molecule has 0 saturated heterocycles. The van der Waals surface area contributed by atoms with E-state index in [-0.39, 0.29) is 6.04 Å². The molecule has 0 aliphatic heterocycles. The zero-order chi connectivity index (χ0) is 9.26. The van der Waals surface area contributed by atoms with Crippen LogP contribution in [0, 0.1) is 0 Å². The van der Waals surface area contributed by atoms with Crippen LogP contribution >= 0.6 is 0 Å². The lowest BCUT2D eigenvalue weighted by Crippen LogP contribution is -2.06. The Morgan fingerprint density at radius 3 is 2.92 bits per heavy atom. The van der Waals surface area contributed by atoms with Gasteiger partial charge in [0.05, 0.1) is 0 Å². The fraction of sp³-hybridized carbons (Fsp3) is 0.400. The Bertz CT molecular complexity index is 366. The Labute approximate surface area is 77.0 Å². The van der Waals surface area contributed by atoms with Gasteiger partial charge in [0.2, 0.25) is 0 Å². The Balaban J connectivity index is 2.37. The first kappa shape index (κ1) is 8.14. The van der Waals surface area contributed by atoms with E-state index < -0.39 is 0 Å². The normalized spacial score (nSPS) is 25.0. The van der Waals surface area contributed by atoms with Gasteiger partial charge < -0.3 is 0 Å². The zero-order valence-corrected chi connectivity index (χ0v) is 7.51. The third-order valence-corrected chi connectivity index (χ3v) is 2.75. The van der Waals surface area contributed by atoms with Crippen molar-refractivity contribution >= 4 is 0 Å². The van der Waals surface area contributed by atoms with Crippen molar-refractivity contribution in [2.45, 2.75) is 25.3 Å². The SMILES string of the molecule is C[C@@H]1c2ccccc2C[C@@H]1N=[N+]=[N-]. The molecule has 0 spiro atoms. The summed E-state index contributed by atoms with van der Waals surface area (Å²) < 4.78 is 0. The maximum atomic E-state index is 8.38. The maximum absolute atomic E-state index is 8.38. The molecule has 0 aromatic heterocycles. The molecule has 1 aromatic rings. The van der Waals surface area contributed by atoms with Crippen molar-refractivity contribution in [3.8, 4) is 0 Å². The van der Waals surface area contributed by atoms with E-state index >= 15 is 0 Å². The summed E-state index contributed by atoms with van der Waals surface area (Å²) in [5.41, 5.74) is 11.0. The summed E-state index contributed by atoms with van der Waals surface area (Å²) in [5, 5.41) is 3.80. The van der Waals surface area contributed by atoms with Gasteiger partial charge in [-0.15, -0.1) is 0 Å². The van der Waals surface area contributed by atoms with Crippen molar-refractivity contribution in [2.75, 3.05) is 0 Å². The number of hydrogen-bond acceptors (Lipinski definition) is 1. The molecule has 0 N–H and O–H groups in total. The van der Waals surface area contributed by atoms with Crippen LogP contribution in [0.1, 0.15) is 24.0 Å². The van der Waals surface area contributed by atoms with Crippen LogP contribution in [-0.2, 0) is 6.42 Å². The van der Waals surface area contributed by atoms with Gasteiger partial charge in [-0.05, 0) is 29.0 Å². The smallest absolute Gasteiger partial charge is 0.0480 e. The number of benzene rings is 1. The second-order valence-electron chi connectivity index (χ2n) is 3.46. The summed E-state index contributed by atoms with van der Waals surface area (Å²) in [6.45, 7) is 2.12. The highest BCUT2D eigenvalue weighted by molar-refractivity contribution is 5.37. The third-order valence-electron chi connectivity index (χ3n) is 2.75. The monoisotopic (exact) mass is 173 g/mol. The van der Waals surface area contributed by atoms with Crippen molar-refractivity contribution < 1.29 is 0 Å². The quantitative estimate of drug-likeness (QED) is 0.356. The molecule has 1 aromatic carbocycles. The topological polar surface area (TPSA) is 48.8 Å². The van der Waals surface area contributed by atoms with Crippen LogP contribution < -0.4 is 0 Å². The third kappa shape index (κ3) is 1.27. The van der Waals surface area contributed by atoms with Crippen molar-refractivity contribution in [3.63, 3.8) is 0 Å². The van der Waals surface area contributed by atoms with Crippen LogP contribution in [0.2, 0.25) is 0 Å². The zero-order valence-electron chi connectivity index (χ0n) is 7.51. The Morgan fingerprint density at radius 1 is 1.46 bits per heavy atom. The van der Waals surface area contributed by atoms with E-state index in [2.05, 4.69) is 29.1 Å². The summed E-state index contributed by atoms with van der Waals surface area (Å²) in [6.07, 6.45) is 0.890. The van der Waals surface area contributed by atoms with Crippen LogP contribution in [0.4, 0.5) is 0 Å². The summed E-state index contributed by atoms with van der Waals surface area (Å²) in [6, 6.07) is 8.41. The predicted octanol–water partition coefficient (Wildman–Crippen LogP) is 3.03. The second-order valence-corrected chi connectivity index (χ2v) is 3.46. The van der Waals surface area contributed by atoms with Gasteiger partial charge in [0.1, 0.15) is 0 Å². The highest BCUT2D eigenvalue weighted by Gasteiger charge is 2.27. The molecule has 0 amide bonds. The molecule has 0 saturated carbocycles. The molecule has 0 heterocycles. The van der Waals surface area contributed by atoms with Crippen LogP contribution in [0.5, 0.6) is 0 Å². The molecule has 3 nitrogen and oxygen atoms in total. The Kier molecular flexibility index (Phi) is 1.95. The molecule has 2 rings (SSSR count). The second kappa shape index (κ2) is 3.11. The molecule has 1 aliphatic carbocycles. The lowest BCUT2D eigenvalue weighted by molar-refractivity contribution is 0.611. The van der Waals surface area contributed by atoms with E-state index in [0.717, 1.165) is 6.42 Å². The van der Waals surface area contributed by atoms with E-state index in [1.165, 1.54) is 11.1 Å². The largest absolute Gasteiger partial charge is 0.0897 e. The average Bonchev–Trinajstić information content (AvgIpc) is 2.46. The average molecular weight is 173 g/mol. The minimum Gasteiger partial charge on any atom is -0.0897 e. The maximum Gasteiger partial charge on any atom is 0.0480 e. The molecule has 13 heavy (non-hydrogen) atoms. The van der Waals surface area contributed by atoms with Crippen LogP contribution in [0.15, 0.2) is 29.4 Å². The summed E-state index contributed by atoms with van der Waals surface area (Å²) in [4.78, 5) is 2.88. The first-order valence-electron chi connectivity index (χ1n) is 4.45. The van der Waals surface area contributed by atoms with Crippen LogP contribution in [-0.4, -0.2) is 6.04 Å². The van der Waals surface area contributed by atoms with E-state index in [1.54, 1.807) is 0 Å². The van der Waals surface area contributed by atoms with Crippen molar-refractivity contribution in [1.82, 2.24) is 0 Å². The first-order valence-corrected chi connectivity index (χ1v) is 4.45. The molecule has 0 bridgehead atoms.